The van der Waals surface area contributed by atoms with Crippen molar-refractivity contribution in [3.05, 3.63) is 59.5 Å². The average molecular weight is 359 g/mol. The van der Waals surface area contributed by atoms with E-state index in [1.165, 1.54) is 12.1 Å². The van der Waals surface area contributed by atoms with E-state index in [0.29, 0.717) is 23.2 Å². The van der Waals surface area contributed by atoms with E-state index < -0.39 is 23.3 Å². The highest BCUT2D eigenvalue weighted by Gasteiger charge is 2.14. The standard InChI is InChI=1S/C21H20F3NO/c1-2-3-4-5-6-13-8-10-18(25-21(13)24)14-7-9-16-15(11-14)12-17(22)20(26)19(16)23/h7-12,26H,2-6H2,1H3. The molecule has 0 atom stereocenters. The molecule has 3 aromatic rings. The summed E-state index contributed by atoms with van der Waals surface area (Å²) < 4.78 is 41.8. The van der Waals surface area contributed by atoms with Crippen LogP contribution in [0, 0.1) is 17.6 Å². The summed E-state index contributed by atoms with van der Waals surface area (Å²) in [6.45, 7) is 2.12. The Morgan fingerprint density at radius 3 is 2.50 bits per heavy atom. The van der Waals surface area contributed by atoms with E-state index >= 15 is 0 Å². The summed E-state index contributed by atoms with van der Waals surface area (Å²) >= 11 is 0. The van der Waals surface area contributed by atoms with Gasteiger partial charge in [0.2, 0.25) is 5.95 Å². The quantitative estimate of drug-likeness (QED) is 0.423. The third-order valence-electron chi connectivity index (χ3n) is 4.53. The van der Waals surface area contributed by atoms with Gasteiger partial charge < -0.3 is 5.11 Å². The first-order valence-corrected chi connectivity index (χ1v) is 8.77. The average Bonchev–Trinajstić information content (AvgIpc) is 2.64. The molecule has 2 aromatic carbocycles. The first-order chi connectivity index (χ1) is 12.5. The van der Waals surface area contributed by atoms with Gasteiger partial charge >= 0.3 is 0 Å². The van der Waals surface area contributed by atoms with Gasteiger partial charge in [-0.1, -0.05) is 44.4 Å². The lowest BCUT2D eigenvalue weighted by atomic mass is 10.0. The van der Waals surface area contributed by atoms with Crippen LogP contribution >= 0.6 is 0 Å². The third-order valence-corrected chi connectivity index (χ3v) is 4.53. The molecule has 0 aliphatic rings. The van der Waals surface area contributed by atoms with Crippen molar-refractivity contribution in [1.82, 2.24) is 4.98 Å². The Morgan fingerprint density at radius 1 is 0.962 bits per heavy atom. The lowest BCUT2D eigenvalue weighted by molar-refractivity contribution is 0.400. The molecule has 0 fully saturated rings. The maximum Gasteiger partial charge on any atom is 0.216 e. The van der Waals surface area contributed by atoms with Gasteiger partial charge in [0.15, 0.2) is 17.4 Å². The number of phenols is 1. The first kappa shape index (κ1) is 18.2. The fourth-order valence-electron chi connectivity index (χ4n) is 3.03. The largest absolute Gasteiger partial charge is 0.503 e. The number of benzene rings is 2. The lowest BCUT2D eigenvalue weighted by Crippen LogP contribution is -1.97. The van der Waals surface area contributed by atoms with Crippen LogP contribution < -0.4 is 0 Å². The fraction of sp³-hybridized carbons (Fsp3) is 0.286. The van der Waals surface area contributed by atoms with Crippen LogP contribution in [0.4, 0.5) is 13.2 Å². The minimum atomic E-state index is -1.03. The van der Waals surface area contributed by atoms with Crippen molar-refractivity contribution >= 4 is 10.8 Å². The zero-order chi connectivity index (χ0) is 18.7. The predicted octanol–water partition coefficient (Wildman–Crippen LogP) is 6.15. The summed E-state index contributed by atoms with van der Waals surface area (Å²) in [4.78, 5) is 4.01. The smallest absolute Gasteiger partial charge is 0.216 e. The van der Waals surface area contributed by atoms with Crippen LogP contribution in [-0.2, 0) is 6.42 Å². The van der Waals surface area contributed by atoms with Gasteiger partial charge in [-0.3, -0.25) is 0 Å². The second kappa shape index (κ2) is 7.77. The van der Waals surface area contributed by atoms with Gasteiger partial charge in [-0.15, -0.1) is 0 Å². The maximum absolute atomic E-state index is 14.3. The van der Waals surface area contributed by atoms with E-state index in [2.05, 4.69) is 11.9 Å². The number of hydrogen-bond acceptors (Lipinski definition) is 2. The zero-order valence-electron chi connectivity index (χ0n) is 14.5. The Kier molecular flexibility index (Phi) is 5.45. The number of fused-ring (bicyclic) bond motifs is 1. The Morgan fingerprint density at radius 2 is 1.77 bits per heavy atom. The highest BCUT2D eigenvalue weighted by Crippen LogP contribution is 2.31. The van der Waals surface area contributed by atoms with Crippen molar-refractivity contribution in [3.63, 3.8) is 0 Å². The molecule has 3 rings (SSSR count). The molecule has 136 valence electrons. The summed E-state index contributed by atoms with van der Waals surface area (Å²) in [7, 11) is 0. The van der Waals surface area contributed by atoms with Crippen LogP contribution in [0.3, 0.4) is 0 Å². The summed E-state index contributed by atoms with van der Waals surface area (Å²) in [5.74, 6) is -3.55. The van der Waals surface area contributed by atoms with Gasteiger partial charge in [0.1, 0.15) is 0 Å². The van der Waals surface area contributed by atoms with Crippen molar-refractivity contribution in [2.24, 2.45) is 0 Å². The van der Waals surface area contributed by atoms with Crippen molar-refractivity contribution in [3.8, 4) is 17.0 Å². The first-order valence-electron chi connectivity index (χ1n) is 8.77. The van der Waals surface area contributed by atoms with Gasteiger partial charge in [-0.2, -0.15) is 4.39 Å². The van der Waals surface area contributed by atoms with E-state index in [-0.39, 0.29) is 10.8 Å². The topological polar surface area (TPSA) is 33.1 Å². The normalized spacial score (nSPS) is 11.2. The molecule has 0 bridgehead atoms. The molecule has 1 N–H and O–H groups in total. The van der Waals surface area contributed by atoms with E-state index in [1.807, 2.05) is 0 Å². The number of hydrogen-bond donors (Lipinski definition) is 1. The molecule has 0 saturated heterocycles. The molecule has 0 radical (unpaired) electrons. The molecule has 26 heavy (non-hydrogen) atoms. The number of unbranched alkanes of at least 4 members (excludes halogenated alkanes) is 3. The molecular formula is C21H20F3NO. The summed E-state index contributed by atoms with van der Waals surface area (Å²) in [6.07, 6.45) is 4.89. The summed E-state index contributed by atoms with van der Waals surface area (Å²) in [6, 6.07) is 9.01. The SMILES string of the molecule is CCCCCCc1ccc(-c2ccc3c(F)c(O)c(F)cc3c2)nc1F. The van der Waals surface area contributed by atoms with Gasteiger partial charge in [0.05, 0.1) is 5.69 Å². The summed E-state index contributed by atoms with van der Waals surface area (Å²) in [5, 5.41) is 9.73. The highest BCUT2D eigenvalue weighted by molar-refractivity contribution is 5.88. The van der Waals surface area contributed by atoms with Crippen LogP contribution in [0.5, 0.6) is 5.75 Å². The molecular weight excluding hydrogens is 339 g/mol. The second-order valence-electron chi connectivity index (χ2n) is 6.41. The number of rotatable bonds is 6. The molecule has 0 unspecified atom stereocenters. The number of aromatic nitrogens is 1. The Hall–Kier alpha value is -2.56. The minimum absolute atomic E-state index is 0.0978. The van der Waals surface area contributed by atoms with Crippen LogP contribution in [0.2, 0.25) is 0 Å². The molecule has 0 amide bonds. The van der Waals surface area contributed by atoms with Crippen molar-refractivity contribution in [2.75, 3.05) is 0 Å². The minimum Gasteiger partial charge on any atom is -0.503 e. The number of phenolic OH excluding ortho intramolecular Hbond substituents is 1. The van der Waals surface area contributed by atoms with Crippen molar-refractivity contribution in [2.45, 2.75) is 39.0 Å². The molecule has 0 aliphatic carbocycles. The molecule has 1 aromatic heterocycles. The molecule has 2 nitrogen and oxygen atoms in total. The van der Waals surface area contributed by atoms with Crippen molar-refractivity contribution in [1.29, 1.82) is 0 Å². The van der Waals surface area contributed by atoms with Crippen LogP contribution in [0.25, 0.3) is 22.0 Å². The van der Waals surface area contributed by atoms with E-state index in [1.54, 1.807) is 18.2 Å². The second-order valence-corrected chi connectivity index (χ2v) is 6.41. The maximum atomic E-state index is 14.3. The van der Waals surface area contributed by atoms with E-state index in [4.69, 9.17) is 0 Å². The monoisotopic (exact) mass is 359 g/mol. The molecule has 1 heterocycles. The van der Waals surface area contributed by atoms with Crippen LogP contribution in [0.1, 0.15) is 38.2 Å². The highest BCUT2D eigenvalue weighted by atomic mass is 19.1. The zero-order valence-corrected chi connectivity index (χ0v) is 14.5. The van der Waals surface area contributed by atoms with E-state index in [0.717, 1.165) is 31.7 Å². The predicted molar refractivity (Wildman–Crippen MR) is 96.6 cm³/mol. The summed E-state index contributed by atoms with van der Waals surface area (Å²) in [5.41, 5.74) is 1.53. The van der Waals surface area contributed by atoms with E-state index in [9.17, 15) is 18.3 Å². The number of nitrogens with zero attached hydrogens (tertiary/aromatic N) is 1. The Bertz CT molecular complexity index is 940. The van der Waals surface area contributed by atoms with Crippen LogP contribution in [0.15, 0.2) is 36.4 Å². The van der Waals surface area contributed by atoms with Gasteiger partial charge in [0.25, 0.3) is 0 Å². The molecule has 0 saturated carbocycles. The molecule has 0 spiro atoms. The lowest BCUT2D eigenvalue weighted by Gasteiger charge is -2.08. The number of aryl methyl sites for hydroxylation is 1. The third kappa shape index (κ3) is 3.66. The van der Waals surface area contributed by atoms with Gasteiger partial charge in [0, 0.05) is 16.5 Å². The van der Waals surface area contributed by atoms with Crippen LogP contribution in [-0.4, -0.2) is 10.1 Å². The van der Waals surface area contributed by atoms with Crippen molar-refractivity contribution < 1.29 is 18.3 Å². The van der Waals surface area contributed by atoms with Gasteiger partial charge in [-0.25, -0.2) is 13.8 Å². The molecule has 0 aliphatic heterocycles. The number of aromatic hydroxyl groups is 1. The number of pyridine rings is 1. The van der Waals surface area contributed by atoms with Gasteiger partial charge in [-0.05, 0) is 36.4 Å². The molecule has 5 heteroatoms. The number of halogens is 3. The Labute approximate surface area is 150 Å². The Balaban J connectivity index is 1.89. The fourth-order valence-corrected chi connectivity index (χ4v) is 3.03.